The normalized spacial score (nSPS) is 15.6. The molecular formula is C16H22N2O4. The molecule has 1 N–H and O–H groups in total. The number of rotatable bonds is 5. The van der Waals surface area contributed by atoms with Crippen molar-refractivity contribution >= 4 is 11.9 Å². The van der Waals surface area contributed by atoms with Crippen molar-refractivity contribution in [2.24, 2.45) is 0 Å². The van der Waals surface area contributed by atoms with E-state index >= 15 is 0 Å². The van der Waals surface area contributed by atoms with Gasteiger partial charge in [0.1, 0.15) is 5.75 Å². The Balaban J connectivity index is 1.80. The van der Waals surface area contributed by atoms with Crippen LogP contribution >= 0.6 is 0 Å². The molecule has 0 bridgehead atoms. The lowest BCUT2D eigenvalue weighted by Gasteiger charge is -2.33. The summed E-state index contributed by atoms with van der Waals surface area (Å²) in [5.41, 5.74) is 2.20. The SMILES string of the molecule is Cc1cc(C)cc(OCC(=O)N2CCN(CC(=O)O)CC2)c1. The fourth-order valence-corrected chi connectivity index (χ4v) is 2.60. The van der Waals surface area contributed by atoms with E-state index in [4.69, 9.17) is 9.84 Å². The zero-order valence-corrected chi connectivity index (χ0v) is 13.0. The van der Waals surface area contributed by atoms with Crippen LogP contribution < -0.4 is 4.74 Å². The van der Waals surface area contributed by atoms with E-state index in [2.05, 4.69) is 6.07 Å². The topological polar surface area (TPSA) is 70.1 Å². The molecule has 1 amide bonds. The van der Waals surface area contributed by atoms with Gasteiger partial charge in [0.05, 0.1) is 6.54 Å². The Kier molecular flexibility index (Phi) is 5.38. The average molecular weight is 306 g/mol. The van der Waals surface area contributed by atoms with Crippen molar-refractivity contribution in [3.8, 4) is 5.75 Å². The van der Waals surface area contributed by atoms with Crippen molar-refractivity contribution in [1.29, 1.82) is 0 Å². The first-order chi connectivity index (χ1) is 10.4. The van der Waals surface area contributed by atoms with Crippen molar-refractivity contribution in [3.05, 3.63) is 29.3 Å². The third-order valence-corrected chi connectivity index (χ3v) is 3.64. The van der Waals surface area contributed by atoms with Gasteiger partial charge in [-0.3, -0.25) is 14.5 Å². The predicted molar refractivity (Wildman–Crippen MR) is 82.1 cm³/mol. The highest BCUT2D eigenvalue weighted by Gasteiger charge is 2.22. The number of piperazine rings is 1. The maximum atomic E-state index is 12.1. The van der Waals surface area contributed by atoms with Crippen molar-refractivity contribution in [2.75, 3.05) is 39.3 Å². The second-order valence-electron chi connectivity index (χ2n) is 5.66. The Labute approximate surface area is 130 Å². The van der Waals surface area contributed by atoms with Gasteiger partial charge in [-0.15, -0.1) is 0 Å². The molecule has 0 unspecified atom stereocenters. The van der Waals surface area contributed by atoms with E-state index in [-0.39, 0.29) is 19.1 Å². The first-order valence-corrected chi connectivity index (χ1v) is 7.37. The first-order valence-electron chi connectivity index (χ1n) is 7.37. The Bertz CT molecular complexity index is 531. The second kappa shape index (κ2) is 7.26. The molecule has 1 aliphatic heterocycles. The number of benzene rings is 1. The molecule has 0 aromatic heterocycles. The quantitative estimate of drug-likeness (QED) is 0.875. The lowest BCUT2D eigenvalue weighted by atomic mass is 10.1. The number of ether oxygens (including phenoxy) is 1. The van der Waals surface area contributed by atoms with Crippen LogP contribution in [-0.4, -0.2) is 66.1 Å². The number of carboxylic acid groups (broad SMARTS) is 1. The number of carbonyl (C=O) groups excluding carboxylic acids is 1. The van der Waals surface area contributed by atoms with Crippen LogP contribution in [0.25, 0.3) is 0 Å². The molecular weight excluding hydrogens is 284 g/mol. The highest BCUT2D eigenvalue weighted by atomic mass is 16.5. The summed E-state index contributed by atoms with van der Waals surface area (Å²) in [5.74, 6) is -0.192. The average Bonchev–Trinajstić information content (AvgIpc) is 2.44. The third kappa shape index (κ3) is 4.73. The van der Waals surface area contributed by atoms with E-state index in [1.54, 1.807) is 4.90 Å². The molecule has 1 fully saturated rings. The maximum Gasteiger partial charge on any atom is 0.317 e. The molecule has 0 radical (unpaired) electrons. The fraction of sp³-hybridized carbons (Fsp3) is 0.500. The van der Waals surface area contributed by atoms with Crippen LogP contribution in [0.4, 0.5) is 0 Å². The number of carbonyl (C=O) groups is 2. The van der Waals surface area contributed by atoms with E-state index in [0.29, 0.717) is 31.9 Å². The second-order valence-corrected chi connectivity index (χ2v) is 5.66. The molecule has 0 aliphatic carbocycles. The smallest absolute Gasteiger partial charge is 0.317 e. The number of nitrogens with zero attached hydrogens (tertiary/aromatic N) is 2. The summed E-state index contributed by atoms with van der Waals surface area (Å²) in [7, 11) is 0. The van der Waals surface area contributed by atoms with Crippen LogP contribution in [0.2, 0.25) is 0 Å². The summed E-state index contributed by atoms with van der Waals surface area (Å²) in [6.07, 6.45) is 0. The zero-order valence-electron chi connectivity index (χ0n) is 13.0. The van der Waals surface area contributed by atoms with Crippen molar-refractivity contribution in [1.82, 2.24) is 9.80 Å². The predicted octanol–water partition coefficient (Wildman–Crippen LogP) is 0.911. The highest BCUT2D eigenvalue weighted by molar-refractivity contribution is 5.78. The van der Waals surface area contributed by atoms with Gasteiger partial charge in [-0.05, 0) is 37.1 Å². The highest BCUT2D eigenvalue weighted by Crippen LogP contribution is 2.16. The molecule has 6 nitrogen and oxygen atoms in total. The van der Waals surface area contributed by atoms with Gasteiger partial charge in [-0.1, -0.05) is 6.07 Å². The minimum atomic E-state index is -0.835. The molecule has 0 spiro atoms. The number of amides is 1. The van der Waals surface area contributed by atoms with Gasteiger partial charge < -0.3 is 14.7 Å². The molecule has 1 aliphatic rings. The summed E-state index contributed by atoms with van der Waals surface area (Å²) < 4.78 is 5.58. The Morgan fingerprint density at radius 1 is 1.09 bits per heavy atom. The minimum absolute atomic E-state index is 0.0157. The van der Waals surface area contributed by atoms with Crippen molar-refractivity contribution < 1.29 is 19.4 Å². The van der Waals surface area contributed by atoms with Crippen LogP contribution in [0.5, 0.6) is 5.75 Å². The van der Waals surface area contributed by atoms with Crippen LogP contribution in [0.3, 0.4) is 0 Å². The third-order valence-electron chi connectivity index (χ3n) is 3.64. The van der Waals surface area contributed by atoms with E-state index in [9.17, 15) is 9.59 Å². The number of hydrogen-bond acceptors (Lipinski definition) is 4. The summed E-state index contributed by atoms with van der Waals surface area (Å²) in [5, 5.41) is 8.75. The lowest BCUT2D eigenvalue weighted by Crippen LogP contribution is -2.51. The Hall–Kier alpha value is -2.08. The fourth-order valence-electron chi connectivity index (χ4n) is 2.60. The van der Waals surface area contributed by atoms with E-state index in [1.165, 1.54) is 0 Å². The first kappa shape index (κ1) is 16.3. The van der Waals surface area contributed by atoms with Gasteiger partial charge in [0.15, 0.2) is 6.61 Å². The van der Waals surface area contributed by atoms with Gasteiger partial charge in [-0.2, -0.15) is 0 Å². The summed E-state index contributed by atoms with van der Waals surface area (Å²) in [4.78, 5) is 26.3. The molecule has 1 aromatic carbocycles. The Morgan fingerprint density at radius 2 is 1.68 bits per heavy atom. The van der Waals surface area contributed by atoms with E-state index in [1.807, 2.05) is 30.9 Å². The van der Waals surface area contributed by atoms with Gasteiger partial charge >= 0.3 is 5.97 Å². The van der Waals surface area contributed by atoms with Crippen molar-refractivity contribution in [3.63, 3.8) is 0 Å². The molecule has 6 heteroatoms. The largest absolute Gasteiger partial charge is 0.484 e. The molecule has 1 heterocycles. The van der Waals surface area contributed by atoms with Crippen LogP contribution in [0.1, 0.15) is 11.1 Å². The monoisotopic (exact) mass is 306 g/mol. The van der Waals surface area contributed by atoms with Gasteiger partial charge in [-0.25, -0.2) is 0 Å². The van der Waals surface area contributed by atoms with Crippen molar-refractivity contribution in [2.45, 2.75) is 13.8 Å². The van der Waals surface area contributed by atoms with E-state index in [0.717, 1.165) is 11.1 Å². The minimum Gasteiger partial charge on any atom is -0.484 e. The van der Waals surface area contributed by atoms with Gasteiger partial charge in [0, 0.05) is 26.2 Å². The summed E-state index contributed by atoms with van der Waals surface area (Å²) >= 11 is 0. The molecule has 1 saturated heterocycles. The zero-order chi connectivity index (χ0) is 16.1. The Morgan fingerprint density at radius 3 is 2.23 bits per heavy atom. The van der Waals surface area contributed by atoms with Gasteiger partial charge in [0.2, 0.25) is 0 Å². The number of aliphatic carboxylic acids is 1. The number of aryl methyl sites for hydroxylation is 2. The molecule has 2 rings (SSSR count). The van der Waals surface area contributed by atoms with Crippen LogP contribution in [-0.2, 0) is 9.59 Å². The van der Waals surface area contributed by atoms with E-state index < -0.39 is 5.97 Å². The molecule has 22 heavy (non-hydrogen) atoms. The standard InChI is InChI=1S/C16H22N2O4/c1-12-7-13(2)9-14(8-12)22-11-15(19)18-5-3-17(4-6-18)10-16(20)21/h7-9H,3-6,10-11H2,1-2H3,(H,20,21). The van der Waals surface area contributed by atoms with Crippen LogP contribution in [0.15, 0.2) is 18.2 Å². The molecule has 0 atom stereocenters. The number of hydrogen-bond donors (Lipinski definition) is 1. The molecule has 120 valence electrons. The van der Waals surface area contributed by atoms with Gasteiger partial charge in [0.25, 0.3) is 5.91 Å². The lowest BCUT2D eigenvalue weighted by molar-refractivity contribution is -0.139. The summed E-state index contributed by atoms with van der Waals surface area (Å²) in [6, 6.07) is 5.87. The van der Waals surface area contributed by atoms with Crippen LogP contribution in [0, 0.1) is 13.8 Å². The summed E-state index contributed by atoms with van der Waals surface area (Å²) in [6.45, 7) is 6.28. The number of carboxylic acids is 1. The molecule has 1 aromatic rings. The maximum absolute atomic E-state index is 12.1. The molecule has 0 saturated carbocycles.